The maximum atomic E-state index is 11.0. The Labute approximate surface area is 92.5 Å². The summed E-state index contributed by atoms with van der Waals surface area (Å²) in [5.74, 6) is 0.370. The van der Waals surface area contributed by atoms with Gasteiger partial charge in [0.15, 0.2) is 0 Å². The third kappa shape index (κ3) is 2.56. The highest BCUT2D eigenvalue weighted by atomic mass is 35.5. The molecule has 2 nitrogen and oxygen atoms in total. The molecule has 1 aromatic rings. The van der Waals surface area contributed by atoms with Crippen molar-refractivity contribution >= 4 is 28.7 Å². The Morgan fingerprint density at radius 2 is 2.36 bits per heavy atom. The van der Waals surface area contributed by atoms with Crippen molar-refractivity contribution in [2.24, 2.45) is 0 Å². The highest BCUT2D eigenvalue weighted by Crippen LogP contribution is 2.22. The minimum Gasteiger partial charge on any atom is -0.298 e. The van der Waals surface area contributed by atoms with E-state index < -0.39 is 0 Å². The molecule has 0 aromatic carbocycles. The first-order chi connectivity index (χ1) is 6.74. The van der Waals surface area contributed by atoms with Gasteiger partial charge in [0.05, 0.1) is 10.9 Å². The second-order valence-corrected chi connectivity index (χ2v) is 5.32. The van der Waals surface area contributed by atoms with Crippen molar-refractivity contribution in [2.75, 3.05) is 19.6 Å². The van der Waals surface area contributed by atoms with E-state index in [1.165, 1.54) is 4.88 Å². The fourth-order valence-corrected chi connectivity index (χ4v) is 2.71. The van der Waals surface area contributed by atoms with Crippen LogP contribution in [-0.2, 0) is 11.2 Å². The predicted molar refractivity (Wildman–Crippen MR) is 59.1 cm³/mol. The van der Waals surface area contributed by atoms with Crippen molar-refractivity contribution in [3.05, 3.63) is 21.3 Å². The van der Waals surface area contributed by atoms with Crippen LogP contribution in [-0.4, -0.2) is 30.3 Å². The van der Waals surface area contributed by atoms with Gasteiger partial charge in [-0.15, -0.1) is 11.3 Å². The van der Waals surface area contributed by atoms with E-state index >= 15 is 0 Å². The largest absolute Gasteiger partial charge is 0.298 e. The Hall–Kier alpha value is -0.380. The summed E-state index contributed by atoms with van der Waals surface area (Å²) in [7, 11) is 0. The predicted octanol–water partition coefficient (Wildman–Crippen LogP) is 2.22. The van der Waals surface area contributed by atoms with Crippen molar-refractivity contribution in [2.45, 2.75) is 12.8 Å². The first kappa shape index (κ1) is 10.1. The van der Waals surface area contributed by atoms with Crippen molar-refractivity contribution < 1.29 is 4.79 Å². The summed E-state index contributed by atoms with van der Waals surface area (Å²) in [6.45, 7) is 2.54. The second kappa shape index (κ2) is 4.43. The minimum atomic E-state index is 0.370. The molecule has 1 aliphatic heterocycles. The second-order valence-electron chi connectivity index (χ2n) is 3.52. The SMILES string of the molecule is O=C1CCN(CCc2ccc(Cl)s2)C1. The first-order valence-corrected chi connectivity index (χ1v) is 5.92. The van der Waals surface area contributed by atoms with Crippen molar-refractivity contribution in [3.8, 4) is 0 Å². The zero-order valence-corrected chi connectivity index (χ0v) is 9.40. The number of carbonyl (C=O) groups excluding carboxylic acids is 1. The normalized spacial score (nSPS) is 17.9. The summed E-state index contributed by atoms with van der Waals surface area (Å²) in [6.07, 6.45) is 1.73. The molecule has 0 N–H and O–H groups in total. The smallest absolute Gasteiger partial charge is 0.148 e. The lowest BCUT2D eigenvalue weighted by atomic mass is 10.3. The molecule has 1 fully saturated rings. The number of hydrogen-bond donors (Lipinski definition) is 0. The Balaban J connectivity index is 1.80. The number of Topliss-reactive ketones (excluding diaryl/α,β-unsaturated/α-hetero) is 1. The van der Waals surface area contributed by atoms with Crippen molar-refractivity contribution in [1.29, 1.82) is 0 Å². The van der Waals surface area contributed by atoms with E-state index in [1.54, 1.807) is 11.3 Å². The number of rotatable bonds is 3. The van der Waals surface area contributed by atoms with Crippen LogP contribution in [0.4, 0.5) is 0 Å². The molecule has 14 heavy (non-hydrogen) atoms. The fraction of sp³-hybridized carbons (Fsp3) is 0.500. The number of halogens is 1. The zero-order chi connectivity index (χ0) is 9.97. The number of hydrogen-bond acceptors (Lipinski definition) is 3. The van der Waals surface area contributed by atoms with E-state index in [-0.39, 0.29) is 0 Å². The maximum absolute atomic E-state index is 11.0. The number of ketones is 1. The molecule has 4 heteroatoms. The molecule has 0 amide bonds. The molecule has 0 spiro atoms. The lowest BCUT2D eigenvalue weighted by molar-refractivity contribution is -0.116. The van der Waals surface area contributed by atoms with Crippen LogP contribution in [0.25, 0.3) is 0 Å². The Kier molecular flexibility index (Phi) is 3.21. The zero-order valence-electron chi connectivity index (χ0n) is 7.83. The van der Waals surface area contributed by atoms with Gasteiger partial charge in [-0.05, 0) is 18.6 Å². The molecule has 0 atom stereocenters. The van der Waals surface area contributed by atoms with Gasteiger partial charge in [-0.1, -0.05) is 11.6 Å². The molecule has 2 rings (SSSR count). The van der Waals surface area contributed by atoms with Crippen LogP contribution >= 0.6 is 22.9 Å². The van der Waals surface area contributed by atoms with Gasteiger partial charge in [-0.25, -0.2) is 0 Å². The summed E-state index contributed by atoms with van der Waals surface area (Å²) >= 11 is 7.46. The molecule has 1 saturated heterocycles. The minimum absolute atomic E-state index is 0.370. The van der Waals surface area contributed by atoms with Crippen LogP contribution in [0.15, 0.2) is 12.1 Å². The van der Waals surface area contributed by atoms with Gasteiger partial charge in [0.1, 0.15) is 5.78 Å². The van der Waals surface area contributed by atoms with Gasteiger partial charge in [0, 0.05) is 24.4 Å². The van der Waals surface area contributed by atoms with Gasteiger partial charge >= 0.3 is 0 Å². The number of likely N-dealkylation sites (tertiary alicyclic amines) is 1. The van der Waals surface area contributed by atoms with Gasteiger partial charge in [-0.3, -0.25) is 9.69 Å². The Morgan fingerprint density at radius 1 is 1.50 bits per heavy atom. The highest BCUT2D eigenvalue weighted by molar-refractivity contribution is 7.16. The Bertz CT molecular complexity index is 337. The molecule has 76 valence electrons. The fourth-order valence-electron chi connectivity index (χ4n) is 1.64. The molecular formula is C10H12ClNOS. The number of carbonyl (C=O) groups is 1. The summed E-state index contributed by atoms with van der Waals surface area (Å²) in [5, 5.41) is 0. The molecule has 2 heterocycles. The van der Waals surface area contributed by atoms with Gasteiger partial charge in [0.2, 0.25) is 0 Å². The van der Waals surface area contributed by atoms with E-state index in [0.717, 1.165) is 30.3 Å². The lowest BCUT2D eigenvalue weighted by Gasteiger charge is -2.11. The van der Waals surface area contributed by atoms with Gasteiger partial charge in [-0.2, -0.15) is 0 Å². The lowest BCUT2D eigenvalue weighted by Crippen LogP contribution is -2.23. The standard InChI is InChI=1S/C10H12ClNOS/c11-10-2-1-9(14-10)4-6-12-5-3-8(13)7-12/h1-2H,3-7H2. The molecule has 0 radical (unpaired) electrons. The molecule has 0 bridgehead atoms. The van der Waals surface area contributed by atoms with Gasteiger partial charge < -0.3 is 0 Å². The van der Waals surface area contributed by atoms with Crippen LogP contribution in [0.2, 0.25) is 4.34 Å². The first-order valence-electron chi connectivity index (χ1n) is 4.72. The summed E-state index contributed by atoms with van der Waals surface area (Å²) < 4.78 is 0.845. The average Bonchev–Trinajstić information content (AvgIpc) is 2.72. The van der Waals surface area contributed by atoms with Crippen LogP contribution in [0.1, 0.15) is 11.3 Å². The van der Waals surface area contributed by atoms with Gasteiger partial charge in [0.25, 0.3) is 0 Å². The van der Waals surface area contributed by atoms with E-state index in [9.17, 15) is 4.79 Å². The molecule has 0 unspecified atom stereocenters. The Morgan fingerprint density at radius 3 is 2.93 bits per heavy atom. The van der Waals surface area contributed by atoms with E-state index in [2.05, 4.69) is 11.0 Å². The molecular weight excluding hydrogens is 218 g/mol. The van der Waals surface area contributed by atoms with Crippen LogP contribution < -0.4 is 0 Å². The van der Waals surface area contributed by atoms with Crippen LogP contribution in [0.5, 0.6) is 0 Å². The van der Waals surface area contributed by atoms with E-state index in [4.69, 9.17) is 11.6 Å². The monoisotopic (exact) mass is 229 g/mol. The summed E-state index contributed by atoms with van der Waals surface area (Å²) in [5.41, 5.74) is 0. The summed E-state index contributed by atoms with van der Waals surface area (Å²) in [6, 6.07) is 3.99. The topological polar surface area (TPSA) is 20.3 Å². The molecule has 0 saturated carbocycles. The van der Waals surface area contributed by atoms with Crippen molar-refractivity contribution in [3.63, 3.8) is 0 Å². The third-order valence-electron chi connectivity index (χ3n) is 2.41. The van der Waals surface area contributed by atoms with E-state index in [0.29, 0.717) is 12.3 Å². The highest BCUT2D eigenvalue weighted by Gasteiger charge is 2.18. The summed E-state index contributed by atoms with van der Waals surface area (Å²) in [4.78, 5) is 14.5. The average molecular weight is 230 g/mol. The van der Waals surface area contributed by atoms with Crippen molar-refractivity contribution in [1.82, 2.24) is 4.90 Å². The molecule has 1 aliphatic rings. The van der Waals surface area contributed by atoms with Crippen LogP contribution in [0.3, 0.4) is 0 Å². The van der Waals surface area contributed by atoms with E-state index in [1.807, 2.05) is 6.07 Å². The third-order valence-corrected chi connectivity index (χ3v) is 3.70. The number of nitrogens with zero attached hydrogens (tertiary/aromatic N) is 1. The molecule has 0 aliphatic carbocycles. The number of thiophene rings is 1. The molecule has 1 aromatic heterocycles. The van der Waals surface area contributed by atoms with Crippen LogP contribution in [0, 0.1) is 0 Å². The maximum Gasteiger partial charge on any atom is 0.148 e. The quantitative estimate of drug-likeness (QED) is 0.792.